The highest BCUT2D eigenvalue weighted by Gasteiger charge is 2.27. The molecule has 15 nitrogen and oxygen atoms in total. The van der Waals surface area contributed by atoms with Crippen molar-refractivity contribution in [3.8, 4) is 22.6 Å². The number of aromatic nitrogens is 1. The van der Waals surface area contributed by atoms with Crippen molar-refractivity contribution in [1.29, 1.82) is 0 Å². The van der Waals surface area contributed by atoms with E-state index in [1.54, 1.807) is 24.3 Å². The van der Waals surface area contributed by atoms with E-state index in [0.717, 1.165) is 24.2 Å². The number of anilines is 2. The summed E-state index contributed by atoms with van der Waals surface area (Å²) in [6.07, 6.45) is 0.966. The summed E-state index contributed by atoms with van der Waals surface area (Å²) in [6, 6.07) is 26.7. The van der Waals surface area contributed by atoms with Crippen LogP contribution in [-0.2, 0) is 20.8 Å². The fourth-order valence-corrected chi connectivity index (χ4v) is 8.36. The fraction of sp³-hybridized carbons (Fsp3) is 0.362. The average molecular weight is 881 g/mol. The second kappa shape index (κ2) is 21.3. The van der Waals surface area contributed by atoms with Crippen molar-refractivity contribution in [3.63, 3.8) is 0 Å². The molecule has 0 radical (unpaired) electrons. The third-order valence-electron chi connectivity index (χ3n) is 11.6. The van der Waals surface area contributed by atoms with Gasteiger partial charge >= 0.3 is 12.2 Å². The number of ether oxygens (including phenoxy) is 3. The van der Waals surface area contributed by atoms with Crippen LogP contribution in [0.3, 0.4) is 0 Å². The molecule has 1 atom stereocenters. The fourth-order valence-electron chi connectivity index (χ4n) is 8.13. The summed E-state index contributed by atoms with van der Waals surface area (Å²) in [5.41, 5.74) is 4.06. The quantitative estimate of drug-likeness (QED) is 0.0619. The van der Waals surface area contributed by atoms with Crippen molar-refractivity contribution in [1.82, 2.24) is 20.1 Å². The highest BCUT2D eigenvalue weighted by atomic mass is 35.5. The number of aromatic amines is 1. The number of aliphatic hydroxyl groups is 1. The summed E-state index contributed by atoms with van der Waals surface area (Å²) in [4.78, 5) is 57.2. The molecular weight excluding hydrogens is 828 g/mol. The van der Waals surface area contributed by atoms with Crippen LogP contribution in [0, 0.1) is 5.92 Å². The number of rotatable bonds is 15. The summed E-state index contributed by atoms with van der Waals surface area (Å²) in [7, 11) is 1.50. The van der Waals surface area contributed by atoms with Gasteiger partial charge in [0, 0.05) is 80.9 Å². The monoisotopic (exact) mass is 880 g/mol. The number of H-pyrrole nitrogens is 1. The predicted octanol–water partition coefficient (Wildman–Crippen LogP) is 7.28. The van der Waals surface area contributed by atoms with Crippen LogP contribution in [-0.4, -0.2) is 102 Å². The first-order valence-corrected chi connectivity index (χ1v) is 21.6. The molecule has 3 heterocycles. The average Bonchev–Trinajstić information content (AvgIpc) is 3.29. The Hall–Kier alpha value is -6.13. The van der Waals surface area contributed by atoms with Crippen molar-refractivity contribution in [2.24, 2.45) is 5.92 Å². The lowest BCUT2D eigenvalue weighted by Crippen LogP contribution is -2.43. The molecule has 63 heavy (non-hydrogen) atoms. The minimum atomic E-state index is -0.954. The second-order valence-corrected chi connectivity index (χ2v) is 16.3. The topological polar surface area (TPSA) is 195 Å². The first kappa shape index (κ1) is 44.9. The molecule has 2 saturated heterocycles. The SMILES string of the molecule is COc1cc(NC(=O)OCC2CCN(C(=O)CCN3CCC(OC(=O)Nc4ccccc4-c4ccccc4)CC3)CC2)c(Cl)cc1CNC[C@H](O)c1ccc(O)c2[nH]c(=O)ccc12. The maximum Gasteiger partial charge on any atom is 0.411 e. The first-order valence-electron chi connectivity index (χ1n) is 21.2. The highest BCUT2D eigenvalue weighted by Crippen LogP contribution is 2.33. The molecule has 16 heteroatoms. The molecule has 2 aliphatic heterocycles. The Morgan fingerprint density at radius 2 is 1.60 bits per heavy atom. The number of phenolic OH excluding ortho intramolecular Hbond substituents is 1. The zero-order valence-corrected chi connectivity index (χ0v) is 35.9. The molecule has 5 aromatic rings. The van der Waals surface area contributed by atoms with Crippen LogP contribution in [0.2, 0.25) is 5.02 Å². The van der Waals surface area contributed by atoms with Crippen LogP contribution < -0.4 is 26.2 Å². The summed E-state index contributed by atoms with van der Waals surface area (Å²) in [5.74, 6) is 0.582. The molecule has 0 aliphatic carbocycles. The van der Waals surface area contributed by atoms with Gasteiger partial charge < -0.3 is 44.5 Å². The Morgan fingerprint density at radius 3 is 2.37 bits per heavy atom. The smallest absolute Gasteiger partial charge is 0.411 e. The predicted molar refractivity (Wildman–Crippen MR) is 241 cm³/mol. The molecule has 7 rings (SSSR count). The lowest BCUT2D eigenvalue weighted by Gasteiger charge is -2.34. The molecule has 6 N–H and O–H groups in total. The van der Waals surface area contributed by atoms with Crippen LogP contribution in [0.15, 0.2) is 95.8 Å². The van der Waals surface area contributed by atoms with Crippen LogP contribution in [0.5, 0.6) is 11.5 Å². The van der Waals surface area contributed by atoms with E-state index in [9.17, 15) is 29.4 Å². The molecule has 0 saturated carbocycles. The van der Waals surface area contributed by atoms with E-state index in [1.807, 2.05) is 59.5 Å². The number of methoxy groups -OCH3 is 1. The lowest BCUT2D eigenvalue weighted by molar-refractivity contribution is -0.133. The standard InChI is InChI=1S/C47H53ClN6O9/c1-61-42-26-39(37(48)25-32(42)27-49-28-41(56)35-11-13-40(55)45-36(35)12-14-43(57)52-45)51-46(59)62-29-30-15-23-54(24-16-30)44(58)19-22-53-20-17-33(18-21-53)63-47(60)50-38-10-6-5-9-34(38)31-7-3-2-4-8-31/h2-14,25-26,30,33,41,49,55-56H,15-24,27-29H2,1H3,(H,50,60)(H,51,59)(H,52,57)/t41-/m0/s1. The molecule has 332 valence electrons. The van der Waals surface area contributed by atoms with Gasteiger partial charge in [-0.15, -0.1) is 0 Å². The van der Waals surface area contributed by atoms with Crippen molar-refractivity contribution >= 4 is 52.0 Å². The molecule has 3 amide bonds. The van der Waals surface area contributed by atoms with Crippen molar-refractivity contribution < 1.29 is 38.8 Å². The van der Waals surface area contributed by atoms with Gasteiger partial charge in [-0.05, 0) is 67.0 Å². The Balaban J connectivity index is 0.780. The van der Waals surface area contributed by atoms with E-state index in [1.165, 1.54) is 19.2 Å². The molecule has 2 aliphatic rings. The zero-order valence-electron chi connectivity index (χ0n) is 35.1. The Kier molecular flexibility index (Phi) is 15.2. The van der Waals surface area contributed by atoms with Gasteiger partial charge in [0.1, 0.15) is 17.6 Å². The molecular formula is C47H53ClN6O9. The van der Waals surface area contributed by atoms with Gasteiger partial charge in [-0.3, -0.25) is 20.2 Å². The van der Waals surface area contributed by atoms with Gasteiger partial charge in [-0.2, -0.15) is 0 Å². The lowest BCUT2D eigenvalue weighted by atomic mass is 9.97. The van der Waals surface area contributed by atoms with Crippen LogP contribution in [0.1, 0.15) is 49.3 Å². The number of halogens is 1. The van der Waals surface area contributed by atoms with Crippen LogP contribution in [0.4, 0.5) is 21.0 Å². The largest absolute Gasteiger partial charge is 0.506 e. The van der Waals surface area contributed by atoms with Gasteiger partial charge in [0.2, 0.25) is 11.5 Å². The van der Waals surface area contributed by atoms with Gasteiger partial charge in [0.15, 0.2) is 0 Å². The number of nitrogens with zero attached hydrogens (tertiary/aromatic N) is 2. The minimum absolute atomic E-state index is 0.0896. The third-order valence-corrected chi connectivity index (χ3v) is 12.0. The van der Waals surface area contributed by atoms with Gasteiger partial charge in [0.05, 0.1) is 41.7 Å². The number of hydrogen-bond acceptors (Lipinski definition) is 11. The van der Waals surface area contributed by atoms with E-state index in [-0.39, 0.29) is 59.5 Å². The number of likely N-dealkylation sites (tertiary alicyclic amines) is 2. The number of fused-ring (bicyclic) bond motifs is 1. The number of nitrogens with one attached hydrogen (secondary N) is 4. The van der Waals surface area contributed by atoms with Gasteiger partial charge in [0.25, 0.3) is 0 Å². The molecule has 0 spiro atoms. The third kappa shape index (κ3) is 11.9. The molecule has 2 fully saturated rings. The number of piperidine rings is 2. The number of aliphatic hydroxyl groups excluding tert-OH is 1. The van der Waals surface area contributed by atoms with Gasteiger partial charge in [-0.1, -0.05) is 66.2 Å². The van der Waals surface area contributed by atoms with E-state index < -0.39 is 18.3 Å². The summed E-state index contributed by atoms with van der Waals surface area (Å²) >= 11 is 6.56. The minimum Gasteiger partial charge on any atom is -0.506 e. The highest BCUT2D eigenvalue weighted by molar-refractivity contribution is 6.33. The number of para-hydroxylation sites is 1. The number of carbonyl (C=O) groups is 3. The van der Waals surface area contributed by atoms with Crippen molar-refractivity contribution in [2.45, 2.75) is 50.9 Å². The van der Waals surface area contributed by atoms with E-state index >= 15 is 0 Å². The van der Waals surface area contributed by atoms with Crippen LogP contribution >= 0.6 is 11.6 Å². The summed E-state index contributed by atoms with van der Waals surface area (Å²) in [5, 5.41) is 30.7. The Morgan fingerprint density at radius 1 is 0.873 bits per heavy atom. The number of benzene rings is 4. The van der Waals surface area contributed by atoms with Crippen molar-refractivity contribution in [2.75, 3.05) is 63.6 Å². The second-order valence-electron chi connectivity index (χ2n) is 15.9. The van der Waals surface area contributed by atoms with E-state index in [0.29, 0.717) is 85.4 Å². The number of hydrogen-bond donors (Lipinski definition) is 6. The zero-order chi connectivity index (χ0) is 44.3. The maximum atomic E-state index is 13.1. The number of aromatic hydroxyl groups is 1. The Labute approximate surface area is 370 Å². The Bertz CT molecular complexity index is 2430. The molecule has 4 aromatic carbocycles. The van der Waals surface area contributed by atoms with E-state index in [2.05, 4.69) is 25.8 Å². The molecule has 0 unspecified atom stereocenters. The summed E-state index contributed by atoms with van der Waals surface area (Å²) in [6.45, 7) is 3.93. The molecule has 0 bridgehead atoms. The number of carbonyl (C=O) groups excluding carboxylic acids is 3. The first-order chi connectivity index (χ1) is 30.5. The number of pyridine rings is 1. The maximum absolute atomic E-state index is 13.1. The van der Waals surface area contributed by atoms with Gasteiger partial charge in [-0.25, -0.2) is 9.59 Å². The normalized spacial score (nSPS) is 15.4. The van der Waals surface area contributed by atoms with Crippen molar-refractivity contribution in [3.05, 3.63) is 117 Å². The van der Waals surface area contributed by atoms with Crippen LogP contribution in [0.25, 0.3) is 22.0 Å². The summed E-state index contributed by atoms with van der Waals surface area (Å²) < 4.78 is 16.9. The molecule has 1 aromatic heterocycles. The number of amides is 3. The van der Waals surface area contributed by atoms with E-state index in [4.69, 9.17) is 25.8 Å². The number of phenols is 1.